The predicted molar refractivity (Wildman–Crippen MR) is 82.1 cm³/mol. The Morgan fingerprint density at radius 2 is 2.10 bits per heavy atom. The van der Waals surface area contributed by atoms with Crippen molar-refractivity contribution in [1.82, 2.24) is 4.98 Å². The molecule has 0 unspecified atom stereocenters. The quantitative estimate of drug-likeness (QED) is 0.845. The molecule has 0 bridgehead atoms. The van der Waals surface area contributed by atoms with Crippen LogP contribution in [0.4, 0.5) is 5.82 Å². The van der Waals surface area contributed by atoms with Crippen LogP contribution in [0.25, 0.3) is 0 Å². The van der Waals surface area contributed by atoms with Gasteiger partial charge in [-0.1, -0.05) is 23.7 Å². The van der Waals surface area contributed by atoms with Crippen molar-refractivity contribution in [3.05, 3.63) is 57.2 Å². The van der Waals surface area contributed by atoms with Crippen LogP contribution in [-0.4, -0.2) is 18.1 Å². The van der Waals surface area contributed by atoms with Crippen LogP contribution in [-0.2, 0) is 11.3 Å². The van der Waals surface area contributed by atoms with Gasteiger partial charge in [-0.2, -0.15) is 0 Å². The molecule has 0 fully saturated rings. The van der Waals surface area contributed by atoms with Crippen molar-refractivity contribution in [2.24, 2.45) is 0 Å². The van der Waals surface area contributed by atoms with Gasteiger partial charge in [-0.15, -0.1) is 0 Å². The van der Waals surface area contributed by atoms with Crippen LogP contribution in [0.5, 0.6) is 0 Å². The molecule has 0 amide bonds. The van der Waals surface area contributed by atoms with E-state index in [1.807, 2.05) is 24.3 Å². The molecule has 20 heavy (non-hydrogen) atoms. The number of aromatic nitrogens is 1. The Kier molecular flexibility index (Phi) is 4.98. The van der Waals surface area contributed by atoms with E-state index in [9.17, 15) is 4.79 Å². The molecule has 1 heterocycles. The lowest BCUT2D eigenvalue weighted by molar-refractivity contribution is 0.0601. The van der Waals surface area contributed by atoms with Crippen molar-refractivity contribution in [1.29, 1.82) is 0 Å². The smallest absolute Gasteiger partial charge is 0.341 e. The van der Waals surface area contributed by atoms with Crippen LogP contribution in [0.2, 0.25) is 5.02 Å². The third kappa shape index (κ3) is 3.71. The number of nitrogens with zero attached hydrogens (tertiary/aromatic N) is 1. The molecule has 1 aromatic heterocycles. The van der Waals surface area contributed by atoms with E-state index in [1.54, 1.807) is 12.3 Å². The number of carbonyl (C=O) groups is 1. The molecule has 104 valence electrons. The zero-order chi connectivity index (χ0) is 14.5. The van der Waals surface area contributed by atoms with Gasteiger partial charge in [0.1, 0.15) is 11.4 Å². The summed E-state index contributed by atoms with van der Waals surface area (Å²) in [6.45, 7) is 0.537. The summed E-state index contributed by atoms with van der Waals surface area (Å²) in [6.07, 6.45) is 1.62. The molecule has 2 aromatic rings. The first-order chi connectivity index (χ1) is 9.60. The monoisotopic (exact) mass is 354 g/mol. The third-order valence-electron chi connectivity index (χ3n) is 2.63. The van der Waals surface area contributed by atoms with Gasteiger partial charge >= 0.3 is 5.97 Å². The number of halogens is 2. The molecule has 0 aliphatic rings. The summed E-state index contributed by atoms with van der Waals surface area (Å²) in [5.41, 5.74) is 1.42. The van der Waals surface area contributed by atoms with Gasteiger partial charge in [0.2, 0.25) is 0 Å². The number of pyridine rings is 1. The maximum Gasteiger partial charge on any atom is 0.341 e. The fourth-order valence-electron chi connectivity index (χ4n) is 1.63. The standard InChI is InChI=1S/C14H12BrClN2O2/c1-20-14(19)12-6-10(15)8-18-13(12)17-7-9-2-4-11(16)5-3-9/h2-6,8H,7H2,1H3,(H,17,18). The second-order valence-electron chi connectivity index (χ2n) is 4.02. The Bertz CT molecular complexity index is 617. The molecule has 0 spiro atoms. The van der Waals surface area contributed by atoms with Crippen molar-refractivity contribution in [3.8, 4) is 0 Å². The number of ether oxygens (including phenoxy) is 1. The van der Waals surface area contributed by atoms with E-state index in [0.717, 1.165) is 10.0 Å². The summed E-state index contributed by atoms with van der Waals surface area (Å²) in [4.78, 5) is 15.9. The van der Waals surface area contributed by atoms with Gasteiger partial charge in [-0.25, -0.2) is 9.78 Å². The van der Waals surface area contributed by atoms with Gasteiger partial charge in [-0.05, 0) is 39.7 Å². The van der Waals surface area contributed by atoms with Crippen molar-refractivity contribution in [2.45, 2.75) is 6.54 Å². The van der Waals surface area contributed by atoms with Crippen molar-refractivity contribution in [3.63, 3.8) is 0 Å². The molecule has 2 rings (SSSR count). The first kappa shape index (κ1) is 14.8. The molecule has 0 saturated heterocycles. The maximum absolute atomic E-state index is 11.7. The van der Waals surface area contributed by atoms with Crippen molar-refractivity contribution < 1.29 is 9.53 Å². The molecule has 1 aromatic carbocycles. The Morgan fingerprint density at radius 3 is 2.75 bits per heavy atom. The normalized spacial score (nSPS) is 10.2. The SMILES string of the molecule is COC(=O)c1cc(Br)cnc1NCc1ccc(Cl)cc1. The number of anilines is 1. The average Bonchev–Trinajstić information content (AvgIpc) is 2.46. The molecule has 1 N–H and O–H groups in total. The second kappa shape index (κ2) is 6.72. The van der Waals surface area contributed by atoms with E-state index >= 15 is 0 Å². The zero-order valence-corrected chi connectivity index (χ0v) is 13.0. The highest BCUT2D eigenvalue weighted by Crippen LogP contribution is 2.20. The lowest BCUT2D eigenvalue weighted by Gasteiger charge is -2.10. The summed E-state index contributed by atoms with van der Waals surface area (Å²) < 4.78 is 5.46. The van der Waals surface area contributed by atoms with Gasteiger partial charge in [0, 0.05) is 22.2 Å². The Balaban J connectivity index is 2.16. The van der Waals surface area contributed by atoms with Gasteiger partial charge in [-0.3, -0.25) is 0 Å². The Hall–Kier alpha value is -1.59. The summed E-state index contributed by atoms with van der Waals surface area (Å²) in [7, 11) is 1.34. The van der Waals surface area contributed by atoms with Crippen LogP contribution in [0.1, 0.15) is 15.9 Å². The first-order valence-corrected chi connectivity index (χ1v) is 6.99. The van der Waals surface area contributed by atoms with Gasteiger partial charge < -0.3 is 10.1 Å². The minimum absolute atomic E-state index is 0.385. The highest BCUT2D eigenvalue weighted by molar-refractivity contribution is 9.10. The average molecular weight is 356 g/mol. The molecular weight excluding hydrogens is 344 g/mol. The number of hydrogen-bond donors (Lipinski definition) is 1. The lowest BCUT2D eigenvalue weighted by Crippen LogP contribution is -2.10. The second-order valence-corrected chi connectivity index (χ2v) is 5.37. The molecule has 0 atom stereocenters. The molecule has 4 nitrogen and oxygen atoms in total. The number of nitrogens with one attached hydrogen (secondary N) is 1. The molecule has 0 aliphatic heterocycles. The molecular formula is C14H12BrClN2O2. The highest BCUT2D eigenvalue weighted by atomic mass is 79.9. The van der Waals surface area contributed by atoms with E-state index < -0.39 is 5.97 Å². The number of hydrogen-bond acceptors (Lipinski definition) is 4. The van der Waals surface area contributed by atoms with E-state index in [1.165, 1.54) is 7.11 Å². The summed E-state index contributed by atoms with van der Waals surface area (Å²) >= 11 is 9.12. The van der Waals surface area contributed by atoms with Crippen molar-refractivity contribution in [2.75, 3.05) is 12.4 Å². The molecule has 0 saturated carbocycles. The highest BCUT2D eigenvalue weighted by Gasteiger charge is 2.13. The summed E-state index contributed by atoms with van der Waals surface area (Å²) in [6, 6.07) is 9.12. The zero-order valence-electron chi connectivity index (χ0n) is 10.7. The first-order valence-electron chi connectivity index (χ1n) is 5.82. The molecule has 6 heteroatoms. The van der Waals surface area contributed by atoms with Crippen LogP contribution in [0, 0.1) is 0 Å². The number of rotatable bonds is 4. The van der Waals surface area contributed by atoms with Gasteiger partial charge in [0.15, 0.2) is 0 Å². The van der Waals surface area contributed by atoms with Crippen LogP contribution < -0.4 is 5.32 Å². The van der Waals surface area contributed by atoms with Gasteiger partial charge in [0.25, 0.3) is 0 Å². The van der Waals surface area contributed by atoms with E-state index in [4.69, 9.17) is 16.3 Å². The van der Waals surface area contributed by atoms with Gasteiger partial charge in [0.05, 0.1) is 7.11 Å². The Labute approximate surface area is 130 Å². The Morgan fingerprint density at radius 1 is 1.40 bits per heavy atom. The number of carbonyl (C=O) groups excluding carboxylic acids is 1. The maximum atomic E-state index is 11.7. The van der Waals surface area contributed by atoms with Crippen molar-refractivity contribution >= 4 is 39.3 Å². The molecule has 0 aliphatic carbocycles. The largest absolute Gasteiger partial charge is 0.465 e. The van der Waals surface area contributed by atoms with Crippen LogP contribution in [0.3, 0.4) is 0 Å². The van der Waals surface area contributed by atoms with E-state index in [-0.39, 0.29) is 0 Å². The topological polar surface area (TPSA) is 51.2 Å². The fourth-order valence-corrected chi connectivity index (χ4v) is 2.09. The molecule has 0 radical (unpaired) electrons. The van der Waals surface area contributed by atoms with E-state index in [0.29, 0.717) is 22.9 Å². The minimum atomic E-state index is -0.433. The van der Waals surface area contributed by atoms with Crippen LogP contribution >= 0.6 is 27.5 Å². The summed E-state index contributed by atoms with van der Waals surface area (Å²) in [5.74, 6) is 0.0485. The lowest BCUT2D eigenvalue weighted by atomic mass is 10.2. The van der Waals surface area contributed by atoms with E-state index in [2.05, 4.69) is 26.2 Å². The fraction of sp³-hybridized carbons (Fsp3) is 0.143. The number of benzene rings is 1. The summed E-state index contributed by atoms with van der Waals surface area (Å²) in [5, 5.41) is 3.80. The number of methoxy groups -OCH3 is 1. The third-order valence-corrected chi connectivity index (χ3v) is 3.32. The predicted octanol–water partition coefficient (Wildman–Crippen LogP) is 3.90. The number of esters is 1. The minimum Gasteiger partial charge on any atom is -0.465 e. The van der Waals surface area contributed by atoms with Crippen LogP contribution in [0.15, 0.2) is 41.0 Å².